The van der Waals surface area contributed by atoms with E-state index in [1.54, 1.807) is 6.92 Å². The Balaban J connectivity index is 2.35. The number of hydrogen-bond acceptors (Lipinski definition) is 2. The molecule has 0 bridgehead atoms. The molecule has 0 aromatic heterocycles. The number of aliphatic hydroxyl groups is 1. The summed E-state index contributed by atoms with van der Waals surface area (Å²) in [6, 6.07) is 6.00. The first-order valence-electron chi connectivity index (χ1n) is 5.48. The molecule has 0 spiro atoms. The number of aliphatic hydroxyl groups excluding tert-OH is 1. The highest BCUT2D eigenvalue weighted by atomic mass is 16.5. The van der Waals surface area contributed by atoms with Crippen LogP contribution in [0.25, 0.3) is 0 Å². The zero-order chi connectivity index (χ0) is 11.1. The molecule has 1 atom stereocenters. The molecular weight excluding hydrogens is 188 g/mol. The van der Waals surface area contributed by atoms with E-state index in [4.69, 9.17) is 4.74 Å². The molecule has 2 nitrogen and oxygen atoms in total. The van der Waals surface area contributed by atoms with Gasteiger partial charge in [-0.2, -0.15) is 0 Å². The number of benzene rings is 1. The standard InChI is InChI=1S/C13H18O2/c1-9(14)11-5-4-10-6-7-13(2,3)15-12(10)8-11/h4-5,8-9,14H,6-7H2,1-3H3. The summed E-state index contributed by atoms with van der Waals surface area (Å²) in [5.41, 5.74) is 2.09. The number of rotatable bonds is 1. The Hall–Kier alpha value is -1.02. The third-order valence-electron chi connectivity index (χ3n) is 2.96. The molecule has 1 aromatic rings. The smallest absolute Gasteiger partial charge is 0.123 e. The molecule has 2 rings (SSSR count). The molecule has 0 saturated heterocycles. The Kier molecular flexibility index (Phi) is 2.47. The van der Waals surface area contributed by atoms with Gasteiger partial charge >= 0.3 is 0 Å². The lowest BCUT2D eigenvalue weighted by atomic mass is 9.93. The van der Waals surface area contributed by atoms with Crippen LogP contribution in [0, 0.1) is 0 Å². The second kappa shape index (κ2) is 3.53. The first-order chi connectivity index (χ1) is 6.98. The first-order valence-corrected chi connectivity index (χ1v) is 5.48. The van der Waals surface area contributed by atoms with Crippen molar-refractivity contribution in [2.45, 2.75) is 45.3 Å². The summed E-state index contributed by atoms with van der Waals surface area (Å²) in [7, 11) is 0. The minimum absolute atomic E-state index is 0.0791. The van der Waals surface area contributed by atoms with Crippen LogP contribution in [0.15, 0.2) is 18.2 Å². The van der Waals surface area contributed by atoms with Gasteiger partial charge in [0.1, 0.15) is 11.4 Å². The number of aryl methyl sites for hydroxylation is 1. The molecule has 15 heavy (non-hydrogen) atoms. The summed E-state index contributed by atoms with van der Waals surface area (Å²) < 4.78 is 5.90. The molecule has 1 aromatic carbocycles. The summed E-state index contributed by atoms with van der Waals surface area (Å²) in [6.45, 7) is 5.98. The topological polar surface area (TPSA) is 29.5 Å². The van der Waals surface area contributed by atoms with E-state index in [9.17, 15) is 5.11 Å². The lowest BCUT2D eigenvalue weighted by Crippen LogP contribution is -2.32. The van der Waals surface area contributed by atoms with Crippen molar-refractivity contribution in [3.63, 3.8) is 0 Å². The highest BCUT2D eigenvalue weighted by Crippen LogP contribution is 2.34. The molecule has 1 unspecified atom stereocenters. The summed E-state index contributed by atoms with van der Waals surface area (Å²) in [4.78, 5) is 0. The van der Waals surface area contributed by atoms with Crippen LogP contribution in [0.1, 0.15) is 44.4 Å². The molecule has 1 aliphatic heterocycles. The Bertz CT molecular complexity index is 367. The van der Waals surface area contributed by atoms with Crippen molar-refractivity contribution in [1.29, 1.82) is 0 Å². The lowest BCUT2D eigenvalue weighted by molar-refractivity contribution is 0.0840. The summed E-state index contributed by atoms with van der Waals surface area (Å²) in [5, 5.41) is 9.50. The van der Waals surface area contributed by atoms with E-state index in [-0.39, 0.29) is 5.60 Å². The van der Waals surface area contributed by atoms with E-state index in [0.717, 1.165) is 24.2 Å². The van der Waals surface area contributed by atoms with Crippen LogP contribution in [0.3, 0.4) is 0 Å². The maximum absolute atomic E-state index is 9.50. The summed E-state index contributed by atoms with van der Waals surface area (Å²) >= 11 is 0. The van der Waals surface area contributed by atoms with Crippen LogP contribution < -0.4 is 4.74 Å². The molecule has 1 heterocycles. The van der Waals surface area contributed by atoms with Crippen LogP contribution in [-0.4, -0.2) is 10.7 Å². The van der Waals surface area contributed by atoms with E-state index in [1.807, 2.05) is 12.1 Å². The maximum Gasteiger partial charge on any atom is 0.123 e. The minimum Gasteiger partial charge on any atom is -0.488 e. The SMILES string of the molecule is CC(O)c1ccc2c(c1)OC(C)(C)CC2. The summed E-state index contributed by atoms with van der Waals surface area (Å²) in [6.07, 6.45) is 1.68. The van der Waals surface area contributed by atoms with Gasteiger partial charge in [-0.25, -0.2) is 0 Å². The van der Waals surface area contributed by atoms with Crippen molar-refractivity contribution in [3.05, 3.63) is 29.3 Å². The van der Waals surface area contributed by atoms with Gasteiger partial charge in [0.15, 0.2) is 0 Å². The van der Waals surface area contributed by atoms with E-state index in [2.05, 4.69) is 19.9 Å². The van der Waals surface area contributed by atoms with Crippen LogP contribution in [0.2, 0.25) is 0 Å². The van der Waals surface area contributed by atoms with Crippen molar-refractivity contribution in [2.75, 3.05) is 0 Å². The number of ether oxygens (including phenoxy) is 1. The Morgan fingerprint density at radius 2 is 2.13 bits per heavy atom. The molecular formula is C13H18O2. The Morgan fingerprint density at radius 3 is 2.80 bits per heavy atom. The zero-order valence-electron chi connectivity index (χ0n) is 9.58. The van der Waals surface area contributed by atoms with Crippen molar-refractivity contribution in [2.24, 2.45) is 0 Å². The first kappa shape index (κ1) is 10.5. The second-order valence-electron chi connectivity index (χ2n) is 4.90. The van der Waals surface area contributed by atoms with Gasteiger partial charge in [0.2, 0.25) is 0 Å². The van der Waals surface area contributed by atoms with Gasteiger partial charge in [-0.15, -0.1) is 0 Å². The predicted octanol–water partition coefficient (Wildman–Crippen LogP) is 2.84. The van der Waals surface area contributed by atoms with E-state index < -0.39 is 6.10 Å². The predicted molar refractivity (Wildman–Crippen MR) is 60.1 cm³/mol. The van der Waals surface area contributed by atoms with Gasteiger partial charge in [-0.3, -0.25) is 0 Å². The highest BCUT2D eigenvalue weighted by molar-refractivity contribution is 5.40. The van der Waals surface area contributed by atoms with Crippen molar-refractivity contribution >= 4 is 0 Å². The van der Waals surface area contributed by atoms with Crippen LogP contribution in [0.5, 0.6) is 5.75 Å². The fourth-order valence-electron chi connectivity index (χ4n) is 1.92. The fourth-order valence-corrected chi connectivity index (χ4v) is 1.92. The van der Waals surface area contributed by atoms with Gasteiger partial charge in [-0.1, -0.05) is 12.1 Å². The zero-order valence-corrected chi connectivity index (χ0v) is 9.58. The van der Waals surface area contributed by atoms with Gasteiger partial charge in [0, 0.05) is 0 Å². The van der Waals surface area contributed by atoms with Crippen molar-refractivity contribution < 1.29 is 9.84 Å². The third-order valence-corrected chi connectivity index (χ3v) is 2.96. The van der Waals surface area contributed by atoms with E-state index in [1.165, 1.54) is 5.56 Å². The average Bonchev–Trinajstić information content (AvgIpc) is 2.15. The van der Waals surface area contributed by atoms with Gasteiger partial charge < -0.3 is 9.84 Å². The minimum atomic E-state index is -0.427. The normalized spacial score (nSPS) is 20.3. The molecule has 0 aliphatic carbocycles. The molecule has 2 heteroatoms. The third kappa shape index (κ3) is 2.15. The average molecular weight is 206 g/mol. The largest absolute Gasteiger partial charge is 0.488 e. The fraction of sp³-hybridized carbons (Fsp3) is 0.538. The van der Waals surface area contributed by atoms with Crippen LogP contribution in [0.4, 0.5) is 0 Å². The lowest BCUT2D eigenvalue weighted by Gasteiger charge is -2.33. The molecule has 0 saturated carbocycles. The molecule has 0 amide bonds. The molecule has 1 aliphatic rings. The molecule has 0 fully saturated rings. The Labute approximate surface area is 90.9 Å². The highest BCUT2D eigenvalue weighted by Gasteiger charge is 2.26. The van der Waals surface area contributed by atoms with Gasteiger partial charge in [0.05, 0.1) is 6.10 Å². The summed E-state index contributed by atoms with van der Waals surface area (Å²) in [5.74, 6) is 0.935. The monoisotopic (exact) mass is 206 g/mol. The molecule has 0 radical (unpaired) electrons. The molecule has 1 N–H and O–H groups in total. The van der Waals surface area contributed by atoms with Crippen LogP contribution >= 0.6 is 0 Å². The number of hydrogen-bond donors (Lipinski definition) is 1. The van der Waals surface area contributed by atoms with Crippen LogP contribution in [-0.2, 0) is 6.42 Å². The van der Waals surface area contributed by atoms with Crippen molar-refractivity contribution in [3.8, 4) is 5.75 Å². The van der Waals surface area contributed by atoms with Gasteiger partial charge in [-0.05, 0) is 50.8 Å². The van der Waals surface area contributed by atoms with E-state index >= 15 is 0 Å². The van der Waals surface area contributed by atoms with Crippen molar-refractivity contribution in [1.82, 2.24) is 0 Å². The van der Waals surface area contributed by atoms with E-state index in [0.29, 0.717) is 0 Å². The molecule has 82 valence electrons. The van der Waals surface area contributed by atoms with Gasteiger partial charge in [0.25, 0.3) is 0 Å². The number of fused-ring (bicyclic) bond motifs is 1. The maximum atomic E-state index is 9.50. The second-order valence-corrected chi connectivity index (χ2v) is 4.90. The Morgan fingerprint density at radius 1 is 1.40 bits per heavy atom. The quantitative estimate of drug-likeness (QED) is 0.765.